The van der Waals surface area contributed by atoms with E-state index >= 15 is 0 Å². The Hall–Kier alpha value is -2.26. The summed E-state index contributed by atoms with van der Waals surface area (Å²) < 4.78 is 18.8. The molecule has 150 valence electrons. The highest BCUT2D eigenvalue weighted by atomic mass is 79.9. The molecule has 0 fully saturated rings. The lowest BCUT2D eigenvalue weighted by Gasteiger charge is -2.16. The Labute approximate surface area is 176 Å². The maximum absolute atomic E-state index is 6.37. The monoisotopic (exact) mass is 469 g/mol. The molecule has 8 nitrogen and oxygen atoms in total. The summed E-state index contributed by atoms with van der Waals surface area (Å²) in [5.41, 5.74) is 8.18. The third kappa shape index (κ3) is 3.44. The third-order valence-electron chi connectivity index (χ3n) is 4.35. The normalized spacial score (nSPS) is 11.3. The van der Waals surface area contributed by atoms with Crippen molar-refractivity contribution in [3.63, 3.8) is 0 Å². The molecule has 3 aromatic heterocycles. The SMILES string of the molecule is COc1nc(Cn2cc(C(C)C)c3c(Cl)nc(N)nc32)c(Br)c(OC)c1OC. The summed E-state index contributed by atoms with van der Waals surface area (Å²) in [4.78, 5) is 13.1. The van der Waals surface area contributed by atoms with Crippen LogP contribution in [0.4, 0.5) is 5.95 Å². The largest absolute Gasteiger partial charge is 0.492 e. The number of ether oxygens (including phenoxy) is 3. The van der Waals surface area contributed by atoms with Gasteiger partial charge in [0, 0.05) is 6.20 Å². The van der Waals surface area contributed by atoms with Crippen molar-refractivity contribution < 1.29 is 14.2 Å². The van der Waals surface area contributed by atoms with Gasteiger partial charge in [0.1, 0.15) is 10.8 Å². The maximum atomic E-state index is 6.37. The maximum Gasteiger partial charge on any atom is 0.261 e. The summed E-state index contributed by atoms with van der Waals surface area (Å²) >= 11 is 9.93. The number of hydrogen-bond donors (Lipinski definition) is 1. The Kier molecular flexibility index (Phi) is 5.85. The Morgan fingerprint density at radius 3 is 2.36 bits per heavy atom. The van der Waals surface area contributed by atoms with Gasteiger partial charge < -0.3 is 24.5 Å². The zero-order valence-corrected chi connectivity index (χ0v) is 18.6. The van der Waals surface area contributed by atoms with Gasteiger partial charge >= 0.3 is 0 Å². The molecular weight excluding hydrogens is 450 g/mol. The molecule has 0 radical (unpaired) electrons. The molecule has 28 heavy (non-hydrogen) atoms. The summed E-state index contributed by atoms with van der Waals surface area (Å²) in [5.74, 6) is 1.58. The molecule has 0 aliphatic carbocycles. The minimum atomic E-state index is 0.115. The molecule has 0 unspecified atom stereocenters. The number of nitrogen functional groups attached to an aromatic ring is 1. The van der Waals surface area contributed by atoms with Gasteiger partial charge in [-0.15, -0.1) is 0 Å². The van der Waals surface area contributed by atoms with Crippen LogP contribution in [0.5, 0.6) is 17.4 Å². The number of pyridine rings is 1. The van der Waals surface area contributed by atoms with Crippen LogP contribution in [-0.4, -0.2) is 40.8 Å². The van der Waals surface area contributed by atoms with Gasteiger partial charge in [0.15, 0.2) is 5.75 Å². The molecule has 10 heteroatoms. The van der Waals surface area contributed by atoms with Crippen LogP contribution < -0.4 is 19.9 Å². The topological polar surface area (TPSA) is 97.3 Å². The lowest BCUT2D eigenvalue weighted by molar-refractivity contribution is 0.313. The van der Waals surface area contributed by atoms with Crippen molar-refractivity contribution in [1.29, 1.82) is 0 Å². The Morgan fingerprint density at radius 2 is 1.79 bits per heavy atom. The van der Waals surface area contributed by atoms with E-state index in [-0.39, 0.29) is 11.9 Å². The molecule has 0 aliphatic rings. The molecule has 3 heterocycles. The highest BCUT2D eigenvalue weighted by Gasteiger charge is 2.23. The highest BCUT2D eigenvalue weighted by molar-refractivity contribution is 9.10. The minimum Gasteiger partial charge on any atom is -0.492 e. The van der Waals surface area contributed by atoms with Crippen LogP contribution in [0.15, 0.2) is 10.7 Å². The fourth-order valence-electron chi connectivity index (χ4n) is 3.06. The molecule has 2 N–H and O–H groups in total. The van der Waals surface area contributed by atoms with Crippen molar-refractivity contribution in [2.75, 3.05) is 27.1 Å². The van der Waals surface area contributed by atoms with E-state index in [1.165, 1.54) is 14.2 Å². The lowest BCUT2D eigenvalue weighted by Crippen LogP contribution is -2.07. The summed E-state index contributed by atoms with van der Waals surface area (Å²) in [6.07, 6.45) is 1.99. The van der Waals surface area contributed by atoms with Gasteiger partial charge in [-0.3, -0.25) is 0 Å². The van der Waals surface area contributed by atoms with E-state index in [1.54, 1.807) is 7.11 Å². The third-order valence-corrected chi connectivity index (χ3v) is 5.44. The first kappa shape index (κ1) is 20.5. The Morgan fingerprint density at radius 1 is 1.11 bits per heavy atom. The molecule has 0 aliphatic heterocycles. The number of fused-ring (bicyclic) bond motifs is 1. The molecular formula is C18H21BrClN5O3. The molecule has 3 aromatic rings. The van der Waals surface area contributed by atoms with Crippen LogP contribution in [-0.2, 0) is 6.54 Å². The van der Waals surface area contributed by atoms with Crippen LogP contribution in [0, 0.1) is 0 Å². The van der Waals surface area contributed by atoms with Gasteiger partial charge in [0.2, 0.25) is 11.7 Å². The van der Waals surface area contributed by atoms with E-state index in [0.29, 0.717) is 44.9 Å². The number of nitrogens with zero attached hydrogens (tertiary/aromatic N) is 4. The van der Waals surface area contributed by atoms with Crippen LogP contribution in [0.1, 0.15) is 31.0 Å². The molecule has 0 aromatic carbocycles. The summed E-state index contributed by atoms with van der Waals surface area (Å²) in [5, 5.41) is 1.12. The van der Waals surface area contributed by atoms with Crippen LogP contribution in [0.3, 0.4) is 0 Å². The summed E-state index contributed by atoms with van der Waals surface area (Å²) in [7, 11) is 4.61. The molecule has 0 saturated heterocycles. The number of halogens is 2. The van der Waals surface area contributed by atoms with Gasteiger partial charge in [-0.05, 0) is 27.4 Å². The Balaban J connectivity index is 2.21. The first-order chi connectivity index (χ1) is 13.3. The number of methoxy groups -OCH3 is 3. The second-order valence-electron chi connectivity index (χ2n) is 6.39. The van der Waals surface area contributed by atoms with Crippen molar-refractivity contribution in [3.05, 3.63) is 27.1 Å². The second kappa shape index (κ2) is 8.00. The van der Waals surface area contributed by atoms with Crippen molar-refractivity contribution >= 4 is 44.5 Å². The first-order valence-corrected chi connectivity index (χ1v) is 9.65. The molecule has 0 spiro atoms. The van der Waals surface area contributed by atoms with E-state index in [2.05, 4.69) is 44.7 Å². The van der Waals surface area contributed by atoms with Crippen molar-refractivity contribution in [1.82, 2.24) is 19.5 Å². The number of hydrogen-bond acceptors (Lipinski definition) is 7. The fourth-order valence-corrected chi connectivity index (χ4v) is 3.90. The smallest absolute Gasteiger partial charge is 0.261 e. The van der Waals surface area contributed by atoms with Crippen LogP contribution in [0.2, 0.25) is 5.15 Å². The zero-order valence-electron chi connectivity index (χ0n) is 16.2. The van der Waals surface area contributed by atoms with Crippen LogP contribution in [0.25, 0.3) is 11.0 Å². The number of rotatable bonds is 6. The van der Waals surface area contributed by atoms with E-state index in [9.17, 15) is 0 Å². The predicted molar refractivity (Wildman–Crippen MR) is 112 cm³/mol. The van der Waals surface area contributed by atoms with Gasteiger partial charge in [0.25, 0.3) is 5.88 Å². The highest BCUT2D eigenvalue weighted by Crippen LogP contribution is 2.43. The summed E-state index contributed by atoms with van der Waals surface area (Å²) in [6.45, 7) is 4.55. The molecule has 3 rings (SSSR count). The first-order valence-electron chi connectivity index (χ1n) is 8.48. The molecule has 0 saturated carbocycles. The fraction of sp³-hybridized carbons (Fsp3) is 0.389. The average Bonchev–Trinajstić information content (AvgIpc) is 3.01. The van der Waals surface area contributed by atoms with Crippen molar-refractivity contribution in [2.24, 2.45) is 0 Å². The van der Waals surface area contributed by atoms with E-state index in [0.717, 1.165) is 10.9 Å². The van der Waals surface area contributed by atoms with Gasteiger partial charge in [-0.1, -0.05) is 25.4 Å². The number of aromatic nitrogens is 4. The van der Waals surface area contributed by atoms with E-state index < -0.39 is 0 Å². The van der Waals surface area contributed by atoms with Crippen molar-refractivity contribution in [3.8, 4) is 17.4 Å². The van der Waals surface area contributed by atoms with Crippen molar-refractivity contribution in [2.45, 2.75) is 26.3 Å². The minimum absolute atomic E-state index is 0.115. The summed E-state index contributed by atoms with van der Waals surface area (Å²) in [6, 6.07) is 0. The van der Waals surface area contributed by atoms with E-state index in [1.807, 2.05) is 10.8 Å². The molecule has 0 amide bonds. The molecule has 0 bridgehead atoms. The lowest BCUT2D eigenvalue weighted by atomic mass is 10.1. The van der Waals surface area contributed by atoms with Crippen LogP contribution >= 0.6 is 27.5 Å². The Bertz CT molecular complexity index is 1040. The quantitative estimate of drug-likeness (QED) is 0.543. The van der Waals surface area contributed by atoms with Gasteiger partial charge in [0.05, 0.1) is 43.4 Å². The predicted octanol–water partition coefficient (Wildman–Crippen LogP) is 4.02. The van der Waals surface area contributed by atoms with Gasteiger partial charge in [-0.25, -0.2) is 9.97 Å². The standard InChI is InChI=1S/C18H21BrClN5O3/c1-8(2)9-6-25(16-11(9)15(20)23-18(21)24-16)7-10-12(19)13(26-3)14(27-4)17(22-10)28-5/h6,8H,7H2,1-5H3,(H2,21,23,24). The van der Waals surface area contributed by atoms with E-state index in [4.69, 9.17) is 31.5 Å². The zero-order chi connectivity index (χ0) is 20.6. The van der Waals surface area contributed by atoms with Gasteiger partial charge in [-0.2, -0.15) is 4.98 Å². The number of anilines is 1. The number of nitrogens with two attached hydrogens (primary N) is 1. The second-order valence-corrected chi connectivity index (χ2v) is 7.54. The average molecular weight is 471 g/mol. The molecule has 0 atom stereocenters.